The Morgan fingerprint density at radius 2 is 1.45 bits per heavy atom. The van der Waals surface area contributed by atoms with Crippen molar-refractivity contribution >= 4 is 17.6 Å². The van der Waals surface area contributed by atoms with Gasteiger partial charge in [0.05, 0.1) is 0 Å². The quantitative estimate of drug-likeness (QED) is 0.899. The summed E-state index contributed by atoms with van der Waals surface area (Å²) in [5.74, 6) is -1.55. The summed E-state index contributed by atoms with van der Waals surface area (Å²) >= 11 is 0. The van der Waals surface area contributed by atoms with Crippen molar-refractivity contribution in [1.82, 2.24) is 0 Å². The summed E-state index contributed by atoms with van der Waals surface area (Å²) in [5, 5.41) is 12.9. The SMILES string of the molecule is O=C([O-])CCC(=O)Nc1ccc(-c2ccccc2)cc1. The van der Waals surface area contributed by atoms with Gasteiger partial charge in [0, 0.05) is 18.1 Å². The van der Waals surface area contributed by atoms with Gasteiger partial charge in [-0.3, -0.25) is 4.79 Å². The highest BCUT2D eigenvalue weighted by Crippen LogP contribution is 2.21. The fraction of sp³-hybridized carbons (Fsp3) is 0.125. The Kier molecular flexibility index (Phi) is 4.50. The third-order valence-electron chi connectivity index (χ3n) is 2.83. The van der Waals surface area contributed by atoms with Gasteiger partial charge in [0.25, 0.3) is 0 Å². The van der Waals surface area contributed by atoms with E-state index in [1.807, 2.05) is 42.5 Å². The number of carbonyl (C=O) groups excluding carboxylic acids is 2. The fourth-order valence-electron chi connectivity index (χ4n) is 1.82. The first-order valence-corrected chi connectivity index (χ1v) is 6.30. The van der Waals surface area contributed by atoms with Gasteiger partial charge < -0.3 is 15.2 Å². The molecule has 4 heteroatoms. The normalized spacial score (nSPS) is 10.0. The molecule has 102 valence electrons. The molecular formula is C16H14NO3-. The first-order valence-electron chi connectivity index (χ1n) is 6.30. The molecule has 2 aromatic carbocycles. The van der Waals surface area contributed by atoms with Crippen molar-refractivity contribution in [2.45, 2.75) is 12.8 Å². The lowest BCUT2D eigenvalue weighted by molar-refractivity contribution is -0.305. The summed E-state index contributed by atoms with van der Waals surface area (Å²) in [4.78, 5) is 21.7. The van der Waals surface area contributed by atoms with Crippen LogP contribution in [0.3, 0.4) is 0 Å². The predicted octanol–water partition coefficient (Wildman–Crippen LogP) is 1.82. The zero-order chi connectivity index (χ0) is 14.4. The van der Waals surface area contributed by atoms with Crippen LogP contribution in [0.1, 0.15) is 12.8 Å². The zero-order valence-electron chi connectivity index (χ0n) is 10.8. The van der Waals surface area contributed by atoms with Crippen molar-refractivity contribution in [3.63, 3.8) is 0 Å². The van der Waals surface area contributed by atoms with Gasteiger partial charge in [0.15, 0.2) is 0 Å². The second kappa shape index (κ2) is 6.52. The molecule has 0 aliphatic carbocycles. The second-order valence-corrected chi connectivity index (χ2v) is 4.36. The number of carbonyl (C=O) groups is 2. The number of carboxylic acids is 1. The summed E-state index contributed by atoms with van der Waals surface area (Å²) in [6.07, 6.45) is -0.350. The molecule has 0 radical (unpaired) electrons. The van der Waals surface area contributed by atoms with Crippen molar-refractivity contribution in [2.24, 2.45) is 0 Å². The molecule has 2 rings (SSSR count). The maximum Gasteiger partial charge on any atom is 0.224 e. The highest BCUT2D eigenvalue weighted by Gasteiger charge is 2.03. The van der Waals surface area contributed by atoms with Crippen LogP contribution in [0.25, 0.3) is 11.1 Å². The number of hydrogen-bond donors (Lipinski definition) is 1. The second-order valence-electron chi connectivity index (χ2n) is 4.36. The maximum absolute atomic E-state index is 11.5. The van der Waals surface area contributed by atoms with Crippen LogP contribution in [0.15, 0.2) is 54.6 Å². The van der Waals surface area contributed by atoms with E-state index in [1.165, 1.54) is 0 Å². The molecule has 0 aromatic heterocycles. The highest BCUT2D eigenvalue weighted by atomic mass is 16.4. The van der Waals surface area contributed by atoms with Gasteiger partial charge in [-0.15, -0.1) is 0 Å². The highest BCUT2D eigenvalue weighted by molar-refractivity contribution is 5.92. The van der Waals surface area contributed by atoms with Crippen LogP contribution in [0.4, 0.5) is 5.69 Å². The topological polar surface area (TPSA) is 69.2 Å². The summed E-state index contributed by atoms with van der Waals surface area (Å²) in [6.45, 7) is 0. The average molecular weight is 268 g/mol. The number of aliphatic carboxylic acids is 1. The third-order valence-corrected chi connectivity index (χ3v) is 2.83. The lowest BCUT2D eigenvalue weighted by Gasteiger charge is -2.07. The molecule has 20 heavy (non-hydrogen) atoms. The molecule has 0 saturated carbocycles. The fourth-order valence-corrected chi connectivity index (χ4v) is 1.82. The monoisotopic (exact) mass is 268 g/mol. The molecule has 0 spiro atoms. The van der Waals surface area contributed by atoms with Gasteiger partial charge in [-0.05, 0) is 29.7 Å². The summed E-state index contributed by atoms with van der Waals surface area (Å²) < 4.78 is 0. The van der Waals surface area contributed by atoms with Crippen LogP contribution in [0.2, 0.25) is 0 Å². The Morgan fingerprint density at radius 3 is 2.05 bits per heavy atom. The van der Waals surface area contributed by atoms with Crippen LogP contribution in [-0.2, 0) is 9.59 Å². The van der Waals surface area contributed by atoms with E-state index in [0.29, 0.717) is 5.69 Å². The number of rotatable bonds is 5. The molecule has 1 N–H and O–H groups in total. The minimum Gasteiger partial charge on any atom is -0.550 e. The van der Waals surface area contributed by atoms with Gasteiger partial charge in [0.1, 0.15) is 0 Å². The standard InChI is InChI=1S/C16H15NO3/c18-15(10-11-16(19)20)17-14-8-6-13(7-9-14)12-4-2-1-3-5-12/h1-9H,10-11H2,(H,17,18)(H,19,20)/p-1. The van der Waals surface area contributed by atoms with E-state index in [1.54, 1.807) is 12.1 Å². The number of benzene rings is 2. The number of carboxylic acid groups (broad SMARTS) is 1. The van der Waals surface area contributed by atoms with Gasteiger partial charge in [-0.1, -0.05) is 42.5 Å². The largest absolute Gasteiger partial charge is 0.550 e. The van der Waals surface area contributed by atoms with E-state index >= 15 is 0 Å². The average Bonchev–Trinajstić information content (AvgIpc) is 2.47. The van der Waals surface area contributed by atoms with Crippen molar-refractivity contribution in [2.75, 3.05) is 5.32 Å². The number of anilines is 1. The van der Waals surface area contributed by atoms with E-state index in [-0.39, 0.29) is 18.7 Å². The number of hydrogen-bond acceptors (Lipinski definition) is 3. The molecular weight excluding hydrogens is 254 g/mol. The van der Waals surface area contributed by atoms with E-state index in [9.17, 15) is 14.7 Å². The Hall–Kier alpha value is -2.62. The van der Waals surface area contributed by atoms with Gasteiger partial charge in [0.2, 0.25) is 5.91 Å². The first-order chi connectivity index (χ1) is 9.65. The third kappa shape index (κ3) is 3.95. The lowest BCUT2D eigenvalue weighted by Crippen LogP contribution is -2.24. The molecule has 0 heterocycles. The molecule has 0 bridgehead atoms. The minimum absolute atomic E-state index is 0.0806. The molecule has 0 atom stereocenters. The Bertz CT molecular complexity index is 591. The smallest absolute Gasteiger partial charge is 0.224 e. The van der Waals surface area contributed by atoms with E-state index < -0.39 is 5.97 Å². The molecule has 0 aliphatic heterocycles. The molecule has 0 aliphatic rings. The Morgan fingerprint density at radius 1 is 0.850 bits per heavy atom. The van der Waals surface area contributed by atoms with Crippen LogP contribution in [-0.4, -0.2) is 11.9 Å². The lowest BCUT2D eigenvalue weighted by atomic mass is 10.1. The minimum atomic E-state index is -1.22. The Balaban J connectivity index is 1.98. The summed E-state index contributed by atoms with van der Waals surface area (Å²) in [6, 6.07) is 17.3. The van der Waals surface area contributed by atoms with Gasteiger partial charge in [-0.25, -0.2) is 0 Å². The van der Waals surface area contributed by atoms with Crippen molar-refractivity contribution < 1.29 is 14.7 Å². The van der Waals surface area contributed by atoms with E-state index in [4.69, 9.17) is 0 Å². The van der Waals surface area contributed by atoms with E-state index in [0.717, 1.165) is 11.1 Å². The summed E-state index contributed by atoms with van der Waals surface area (Å²) in [5.41, 5.74) is 2.80. The Labute approximate surface area is 117 Å². The van der Waals surface area contributed by atoms with Crippen LogP contribution < -0.4 is 10.4 Å². The first kappa shape index (κ1) is 13.8. The number of nitrogens with one attached hydrogen (secondary N) is 1. The molecule has 1 amide bonds. The molecule has 4 nitrogen and oxygen atoms in total. The van der Waals surface area contributed by atoms with Gasteiger partial charge >= 0.3 is 0 Å². The molecule has 2 aromatic rings. The molecule has 0 fully saturated rings. The van der Waals surface area contributed by atoms with Crippen molar-refractivity contribution in [3.05, 3.63) is 54.6 Å². The van der Waals surface area contributed by atoms with Crippen molar-refractivity contribution in [1.29, 1.82) is 0 Å². The predicted molar refractivity (Wildman–Crippen MR) is 74.7 cm³/mol. The van der Waals surface area contributed by atoms with Crippen molar-refractivity contribution in [3.8, 4) is 11.1 Å². The van der Waals surface area contributed by atoms with Crippen LogP contribution in [0, 0.1) is 0 Å². The number of amides is 1. The van der Waals surface area contributed by atoms with Crippen LogP contribution in [0.5, 0.6) is 0 Å². The molecule has 0 unspecified atom stereocenters. The van der Waals surface area contributed by atoms with Crippen LogP contribution >= 0.6 is 0 Å². The maximum atomic E-state index is 11.5. The molecule has 0 saturated heterocycles. The summed E-state index contributed by atoms with van der Waals surface area (Å²) in [7, 11) is 0. The van der Waals surface area contributed by atoms with Gasteiger partial charge in [-0.2, -0.15) is 0 Å². The van der Waals surface area contributed by atoms with E-state index in [2.05, 4.69) is 5.32 Å². The zero-order valence-corrected chi connectivity index (χ0v) is 10.8.